The van der Waals surface area contributed by atoms with Gasteiger partial charge in [0.25, 0.3) is 0 Å². The first-order valence-electron chi connectivity index (χ1n) is 7.53. The third kappa shape index (κ3) is 3.87. The lowest BCUT2D eigenvalue weighted by atomic mass is 9.97. The zero-order valence-electron chi connectivity index (χ0n) is 13.7. The molecule has 1 aliphatic carbocycles. The average molecular weight is 329 g/mol. The Labute approximate surface area is 134 Å². The number of benzene rings is 1. The molecular weight excluding hydrogens is 307 g/mol. The van der Waals surface area contributed by atoms with E-state index >= 15 is 0 Å². The molecule has 23 heavy (non-hydrogen) atoms. The molecule has 2 rings (SSSR count). The molecule has 2 unspecified atom stereocenters. The van der Waals surface area contributed by atoms with E-state index in [1.54, 1.807) is 13.0 Å². The van der Waals surface area contributed by atoms with Crippen LogP contribution in [-0.2, 0) is 0 Å². The molecule has 0 amide bonds. The van der Waals surface area contributed by atoms with E-state index < -0.39 is 12.3 Å². The van der Waals surface area contributed by atoms with E-state index in [-0.39, 0.29) is 11.3 Å². The molecule has 0 fully saturated rings. The molecule has 0 saturated carbocycles. The van der Waals surface area contributed by atoms with Gasteiger partial charge in [0.2, 0.25) is 0 Å². The predicted molar refractivity (Wildman–Crippen MR) is 83.4 cm³/mol. The largest absolute Gasteiger partial charge is 0.496 e. The van der Waals surface area contributed by atoms with Crippen molar-refractivity contribution in [2.45, 2.75) is 26.1 Å². The van der Waals surface area contributed by atoms with Crippen molar-refractivity contribution in [2.24, 2.45) is 5.92 Å². The molecule has 1 N–H and O–H groups in total. The molecule has 3 nitrogen and oxygen atoms in total. The molecule has 0 saturated heterocycles. The molecule has 2 atom stereocenters. The van der Waals surface area contributed by atoms with Crippen LogP contribution in [0.5, 0.6) is 5.75 Å². The van der Waals surface area contributed by atoms with Crippen LogP contribution in [0, 0.1) is 12.8 Å². The van der Waals surface area contributed by atoms with Crippen molar-refractivity contribution < 1.29 is 23.0 Å². The zero-order chi connectivity index (χ0) is 17.4. The van der Waals surface area contributed by atoms with E-state index in [0.717, 1.165) is 24.2 Å². The number of aryl methyl sites for hydroxylation is 1. The fourth-order valence-corrected chi connectivity index (χ4v) is 2.66. The van der Waals surface area contributed by atoms with Gasteiger partial charge in [0.05, 0.1) is 7.11 Å². The SMILES string of the molecule is CCN(C)CC1C=C1c1cc(OC)c(C(O)C(F)(F)F)cc1C. The average Bonchev–Trinajstić information content (AvgIpc) is 3.23. The second-order valence-corrected chi connectivity index (χ2v) is 5.94. The molecule has 6 heteroatoms. The first-order chi connectivity index (χ1) is 10.7. The van der Waals surface area contributed by atoms with Crippen LogP contribution in [0.25, 0.3) is 5.57 Å². The van der Waals surface area contributed by atoms with Crippen molar-refractivity contribution in [1.82, 2.24) is 4.90 Å². The highest BCUT2D eigenvalue weighted by Gasteiger charge is 2.41. The number of ether oxygens (including phenoxy) is 1. The van der Waals surface area contributed by atoms with Gasteiger partial charge in [-0.05, 0) is 49.3 Å². The van der Waals surface area contributed by atoms with Crippen molar-refractivity contribution >= 4 is 5.57 Å². The van der Waals surface area contributed by atoms with Crippen molar-refractivity contribution in [3.8, 4) is 5.75 Å². The lowest BCUT2D eigenvalue weighted by Gasteiger charge is -2.20. The Bertz CT molecular complexity index is 611. The summed E-state index contributed by atoms with van der Waals surface area (Å²) in [5.41, 5.74) is 2.46. The topological polar surface area (TPSA) is 32.7 Å². The van der Waals surface area contributed by atoms with Gasteiger partial charge in [-0.15, -0.1) is 0 Å². The van der Waals surface area contributed by atoms with Crippen molar-refractivity contribution in [3.05, 3.63) is 34.9 Å². The normalized spacial score (nSPS) is 18.8. The Kier molecular flexibility index (Phi) is 5.06. The molecular formula is C17H22F3NO2. The van der Waals surface area contributed by atoms with Gasteiger partial charge in [0, 0.05) is 18.0 Å². The van der Waals surface area contributed by atoms with Crippen LogP contribution in [0.1, 0.15) is 29.7 Å². The summed E-state index contributed by atoms with van der Waals surface area (Å²) in [7, 11) is 3.34. The lowest BCUT2D eigenvalue weighted by Crippen LogP contribution is -2.21. The third-order valence-corrected chi connectivity index (χ3v) is 4.21. The minimum atomic E-state index is -4.72. The first kappa shape index (κ1) is 17.8. The van der Waals surface area contributed by atoms with E-state index in [0.29, 0.717) is 11.5 Å². The summed E-state index contributed by atoms with van der Waals surface area (Å²) < 4.78 is 43.4. The van der Waals surface area contributed by atoms with Crippen LogP contribution < -0.4 is 4.74 Å². The van der Waals surface area contributed by atoms with Gasteiger partial charge in [-0.3, -0.25) is 0 Å². The number of aliphatic hydroxyl groups is 1. The Hall–Kier alpha value is -1.53. The molecule has 0 aliphatic heterocycles. The van der Waals surface area contributed by atoms with Gasteiger partial charge in [-0.25, -0.2) is 0 Å². The number of halogens is 3. The van der Waals surface area contributed by atoms with E-state index in [2.05, 4.69) is 17.9 Å². The second kappa shape index (κ2) is 6.53. The van der Waals surface area contributed by atoms with Crippen LogP contribution in [-0.4, -0.2) is 43.4 Å². The molecule has 1 aliphatic rings. The summed E-state index contributed by atoms with van der Waals surface area (Å²) in [4.78, 5) is 2.18. The molecule has 1 aromatic rings. The number of rotatable bonds is 6. The molecule has 0 spiro atoms. The number of hydrogen-bond acceptors (Lipinski definition) is 3. The van der Waals surface area contributed by atoms with E-state index in [9.17, 15) is 18.3 Å². The van der Waals surface area contributed by atoms with Crippen LogP contribution in [0.2, 0.25) is 0 Å². The monoisotopic (exact) mass is 329 g/mol. The summed E-state index contributed by atoms with van der Waals surface area (Å²) in [6.07, 6.45) is -5.15. The Morgan fingerprint density at radius 1 is 1.35 bits per heavy atom. The first-order valence-corrected chi connectivity index (χ1v) is 7.53. The summed E-state index contributed by atoms with van der Waals surface area (Å²) in [6, 6.07) is 2.96. The number of methoxy groups -OCH3 is 1. The van der Waals surface area contributed by atoms with Crippen LogP contribution >= 0.6 is 0 Å². The van der Waals surface area contributed by atoms with Gasteiger partial charge in [0.15, 0.2) is 6.10 Å². The molecule has 0 heterocycles. The van der Waals surface area contributed by atoms with Gasteiger partial charge in [-0.1, -0.05) is 13.0 Å². The number of alkyl halides is 3. The standard InChI is InChI=1S/C17H22F3NO2/c1-5-21(3)9-11-7-13(11)12-8-15(23-4)14(6-10(12)2)16(22)17(18,19)20/h6-8,11,16,22H,5,9H2,1-4H3. The highest BCUT2D eigenvalue weighted by atomic mass is 19.4. The minimum Gasteiger partial charge on any atom is -0.496 e. The lowest BCUT2D eigenvalue weighted by molar-refractivity contribution is -0.207. The molecule has 0 aromatic heterocycles. The van der Waals surface area contributed by atoms with Gasteiger partial charge in [0.1, 0.15) is 5.75 Å². The van der Waals surface area contributed by atoms with E-state index in [1.165, 1.54) is 13.2 Å². The zero-order valence-corrected chi connectivity index (χ0v) is 13.7. The maximum Gasteiger partial charge on any atom is 0.418 e. The Morgan fingerprint density at radius 2 is 2.00 bits per heavy atom. The molecule has 0 radical (unpaired) electrons. The molecule has 128 valence electrons. The predicted octanol–water partition coefficient (Wildman–Crippen LogP) is 3.56. The highest BCUT2D eigenvalue weighted by molar-refractivity contribution is 5.83. The van der Waals surface area contributed by atoms with Gasteiger partial charge in [-0.2, -0.15) is 13.2 Å². The van der Waals surface area contributed by atoms with Crippen LogP contribution in [0.3, 0.4) is 0 Å². The van der Waals surface area contributed by atoms with Crippen LogP contribution in [0.4, 0.5) is 13.2 Å². The highest BCUT2D eigenvalue weighted by Crippen LogP contribution is 2.44. The number of nitrogens with zero attached hydrogens (tertiary/aromatic N) is 1. The van der Waals surface area contributed by atoms with E-state index in [4.69, 9.17) is 4.74 Å². The third-order valence-electron chi connectivity index (χ3n) is 4.21. The number of aliphatic hydroxyl groups excluding tert-OH is 1. The molecule has 1 aromatic carbocycles. The summed E-state index contributed by atoms with van der Waals surface area (Å²) in [5.74, 6) is 0.382. The maximum absolute atomic E-state index is 12.8. The minimum absolute atomic E-state index is 0.0609. The summed E-state index contributed by atoms with van der Waals surface area (Å²) in [5, 5.41) is 9.52. The maximum atomic E-state index is 12.8. The molecule has 0 bridgehead atoms. The van der Waals surface area contributed by atoms with Crippen LogP contribution in [0.15, 0.2) is 18.2 Å². The van der Waals surface area contributed by atoms with Crippen molar-refractivity contribution in [2.75, 3.05) is 27.2 Å². The summed E-state index contributed by atoms with van der Waals surface area (Å²) in [6.45, 7) is 5.65. The number of hydrogen-bond donors (Lipinski definition) is 1. The summed E-state index contributed by atoms with van der Waals surface area (Å²) >= 11 is 0. The fraction of sp³-hybridized carbons (Fsp3) is 0.529. The Balaban J connectivity index is 2.27. The Morgan fingerprint density at radius 3 is 2.52 bits per heavy atom. The van der Waals surface area contributed by atoms with Crippen molar-refractivity contribution in [3.63, 3.8) is 0 Å². The smallest absolute Gasteiger partial charge is 0.418 e. The van der Waals surface area contributed by atoms with Crippen molar-refractivity contribution in [1.29, 1.82) is 0 Å². The quantitative estimate of drug-likeness (QED) is 0.866. The second-order valence-electron chi connectivity index (χ2n) is 5.94. The van der Waals surface area contributed by atoms with Gasteiger partial charge < -0.3 is 14.7 Å². The fourth-order valence-electron chi connectivity index (χ4n) is 2.66. The van der Waals surface area contributed by atoms with Gasteiger partial charge >= 0.3 is 6.18 Å². The van der Waals surface area contributed by atoms with E-state index in [1.807, 2.05) is 7.05 Å².